The second-order valence-corrected chi connectivity index (χ2v) is 4.65. The van der Waals surface area contributed by atoms with Crippen LogP contribution >= 0.6 is 0 Å². The molecule has 2 atom stereocenters. The van der Waals surface area contributed by atoms with Crippen molar-refractivity contribution in [1.29, 1.82) is 0 Å². The van der Waals surface area contributed by atoms with Crippen LogP contribution in [0.3, 0.4) is 0 Å². The maximum absolute atomic E-state index is 5.88. The molecule has 1 aromatic carbocycles. The standard InChI is InChI=1S/C14H23N/c1-5-12(4)14(9-15)13-7-10(2)6-11(3)8-13/h6-8,12,14H,5,9,15H2,1-4H3. The van der Waals surface area contributed by atoms with Gasteiger partial charge in [0, 0.05) is 0 Å². The summed E-state index contributed by atoms with van der Waals surface area (Å²) in [6.45, 7) is 9.57. The molecule has 2 N–H and O–H groups in total. The van der Waals surface area contributed by atoms with Gasteiger partial charge in [-0.05, 0) is 37.8 Å². The molecule has 0 aliphatic carbocycles. The topological polar surface area (TPSA) is 26.0 Å². The average molecular weight is 205 g/mol. The van der Waals surface area contributed by atoms with E-state index in [4.69, 9.17) is 5.73 Å². The summed E-state index contributed by atoms with van der Waals surface area (Å²) in [5.74, 6) is 1.17. The predicted octanol–water partition coefficient (Wildman–Crippen LogP) is 3.39. The highest BCUT2D eigenvalue weighted by atomic mass is 14.6. The first kappa shape index (κ1) is 12.3. The summed E-state index contributed by atoms with van der Waals surface area (Å²) in [5.41, 5.74) is 9.97. The van der Waals surface area contributed by atoms with Crippen molar-refractivity contribution in [1.82, 2.24) is 0 Å². The second kappa shape index (κ2) is 5.32. The first-order chi connectivity index (χ1) is 7.08. The van der Waals surface area contributed by atoms with E-state index in [2.05, 4.69) is 45.9 Å². The highest BCUT2D eigenvalue weighted by molar-refractivity contribution is 5.31. The van der Waals surface area contributed by atoms with Crippen LogP contribution in [0.4, 0.5) is 0 Å². The van der Waals surface area contributed by atoms with Gasteiger partial charge in [0.1, 0.15) is 0 Å². The summed E-state index contributed by atoms with van der Waals surface area (Å²) >= 11 is 0. The van der Waals surface area contributed by atoms with Gasteiger partial charge in [0.2, 0.25) is 0 Å². The molecule has 1 rings (SSSR count). The molecule has 0 amide bonds. The third-order valence-corrected chi connectivity index (χ3v) is 3.26. The first-order valence-electron chi connectivity index (χ1n) is 5.86. The highest BCUT2D eigenvalue weighted by Crippen LogP contribution is 2.27. The maximum atomic E-state index is 5.88. The van der Waals surface area contributed by atoms with Crippen LogP contribution in [0.15, 0.2) is 18.2 Å². The van der Waals surface area contributed by atoms with E-state index >= 15 is 0 Å². The molecule has 0 radical (unpaired) electrons. The van der Waals surface area contributed by atoms with Crippen molar-refractivity contribution in [2.75, 3.05) is 6.54 Å². The van der Waals surface area contributed by atoms with E-state index in [9.17, 15) is 0 Å². The molecule has 0 saturated heterocycles. The largest absolute Gasteiger partial charge is 0.330 e. The summed E-state index contributed by atoms with van der Waals surface area (Å²) in [7, 11) is 0. The van der Waals surface area contributed by atoms with Gasteiger partial charge in [0.25, 0.3) is 0 Å². The van der Waals surface area contributed by atoms with Gasteiger partial charge in [-0.1, -0.05) is 49.6 Å². The Morgan fingerprint density at radius 2 is 1.67 bits per heavy atom. The lowest BCUT2D eigenvalue weighted by Gasteiger charge is -2.22. The minimum atomic E-state index is 0.508. The fourth-order valence-corrected chi connectivity index (χ4v) is 2.21. The van der Waals surface area contributed by atoms with Gasteiger partial charge in [-0.15, -0.1) is 0 Å². The smallest absolute Gasteiger partial charge is 0.000567 e. The number of rotatable bonds is 4. The molecule has 1 nitrogen and oxygen atoms in total. The summed E-state index contributed by atoms with van der Waals surface area (Å²) in [4.78, 5) is 0. The Hall–Kier alpha value is -0.820. The van der Waals surface area contributed by atoms with E-state index in [0.29, 0.717) is 11.8 Å². The van der Waals surface area contributed by atoms with Gasteiger partial charge in [0.15, 0.2) is 0 Å². The molecule has 0 bridgehead atoms. The van der Waals surface area contributed by atoms with Crippen LogP contribution in [0, 0.1) is 19.8 Å². The Balaban J connectivity index is 3.01. The molecule has 2 unspecified atom stereocenters. The predicted molar refractivity (Wildman–Crippen MR) is 67.2 cm³/mol. The molecule has 1 aromatic rings. The molecule has 0 fully saturated rings. The Bertz CT molecular complexity index is 297. The quantitative estimate of drug-likeness (QED) is 0.801. The summed E-state index contributed by atoms with van der Waals surface area (Å²) in [5, 5.41) is 0. The molecule has 0 saturated carbocycles. The zero-order valence-corrected chi connectivity index (χ0v) is 10.4. The Morgan fingerprint density at radius 3 is 2.07 bits per heavy atom. The Kier molecular flexibility index (Phi) is 4.34. The van der Waals surface area contributed by atoms with E-state index in [0.717, 1.165) is 6.54 Å². The third kappa shape index (κ3) is 3.07. The van der Waals surface area contributed by atoms with Crippen LogP contribution in [0.1, 0.15) is 42.9 Å². The second-order valence-electron chi connectivity index (χ2n) is 4.65. The minimum absolute atomic E-state index is 0.508. The van der Waals surface area contributed by atoms with Crippen LogP contribution in [0.5, 0.6) is 0 Å². The fourth-order valence-electron chi connectivity index (χ4n) is 2.21. The molecular formula is C14H23N. The maximum Gasteiger partial charge on any atom is -0.000567 e. The Labute approximate surface area is 93.7 Å². The minimum Gasteiger partial charge on any atom is -0.330 e. The third-order valence-electron chi connectivity index (χ3n) is 3.26. The number of benzene rings is 1. The Morgan fingerprint density at radius 1 is 1.13 bits per heavy atom. The van der Waals surface area contributed by atoms with Crippen LogP contribution < -0.4 is 5.73 Å². The van der Waals surface area contributed by atoms with Gasteiger partial charge in [0.05, 0.1) is 0 Å². The van der Waals surface area contributed by atoms with E-state index in [1.54, 1.807) is 0 Å². The van der Waals surface area contributed by atoms with E-state index < -0.39 is 0 Å². The van der Waals surface area contributed by atoms with Crippen molar-refractivity contribution in [2.24, 2.45) is 11.7 Å². The lowest BCUT2D eigenvalue weighted by molar-refractivity contribution is 0.451. The normalized spacial score (nSPS) is 15.0. The highest BCUT2D eigenvalue weighted by Gasteiger charge is 2.16. The molecular weight excluding hydrogens is 182 g/mol. The number of nitrogens with two attached hydrogens (primary N) is 1. The summed E-state index contributed by atoms with van der Waals surface area (Å²) < 4.78 is 0. The number of aryl methyl sites for hydroxylation is 2. The van der Waals surface area contributed by atoms with Crippen molar-refractivity contribution in [3.63, 3.8) is 0 Å². The van der Waals surface area contributed by atoms with Gasteiger partial charge in [-0.25, -0.2) is 0 Å². The van der Waals surface area contributed by atoms with Gasteiger partial charge in [-0.3, -0.25) is 0 Å². The fraction of sp³-hybridized carbons (Fsp3) is 0.571. The van der Waals surface area contributed by atoms with Gasteiger partial charge < -0.3 is 5.73 Å². The van der Waals surface area contributed by atoms with E-state index in [1.807, 2.05) is 0 Å². The van der Waals surface area contributed by atoms with E-state index in [1.165, 1.54) is 23.1 Å². The zero-order chi connectivity index (χ0) is 11.4. The lowest BCUT2D eigenvalue weighted by Crippen LogP contribution is -2.19. The lowest BCUT2D eigenvalue weighted by atomic mass is 9.84. The van der Waals surface area contributed by atoms with Crippen molar-refractivity contribution in [3.05, 3.63) is 34.9 Å². The first-order valence-corrected chi connectivity index (χ1v) is 5.86. The molecule has 84 valence electrons. The molecule has 0 aliphatic heterocycles. The summed E-state index contributed by atoms with van der Waals surface area (Å²) in [6, 6.07) is 6.76. The number of hydrogen-bond acceptors (Lipinski definition) is 1. The molecule has 0 spiro atoms. The van der Waals surface area contributed by atoms with E-state index in [-0.39, 0.29) is 0 Å². The van der Waals surface area contributed by atoms with Crippen molar-refractivity contribution >= 4 is 0 Å². The zero-order valence-electron chi connectivity index (χ0n) is 10.4. The molecule has 0 aromatic heterocycles. The number of hydrogen-bond donors (Lipinski definition) is 1. The van der Waals surface area contributed by atoms with Crippen LogP contribution in [-0.4, -0.2) is 6.54 Å². The van der Waals surface area contributed by atoms with Crippen LogP contribution in [0.2, 0.25) is 0 Å². The SMILES string of the molecule is CCC(C)C(CN)c1cc(C)cc(C)c1. The van der Waals surface area contributed by atoms with Crippen LogP contribution in [0.25, 0.3) is 0 Å². The average Bonchev–Trinajstić information content (AvgIpc) is 2.17. The van der Waals surface area contributed by atoms with Gasteiger partial charge >= 0.3 is 0 Å². The molecule has 1 heteroatoms. The monoisotopic (exact) mass is 205 g/mol. The van der Waals surface area contributed by atoms with Crippen LogP contribution in [-0.2, 0) is 0 Å². The summed E-state index contributed by atoms with van der Waals surface area (Å²) in [6.07, 6.45) is 1.19. The molecule has 0 heterocycles. The van der Waals surface area contributed by atoms with Crippen molar-refractivity contribution in [2.45, 2.75) is 40.0 Å². The molecule has 15 heavy (non-hydrogen) atoms. The van der Waals surface area contributed by atoms with Crippen molar-refractivity contribution < 1.29 is 0 Å². The van der Waals surface area contributed by atoms with Gasteiger partial charge in [-0.2, -0.15) is 0 Å². The molecule has 0 aliphatic rings. The van der Waals surface area contributed by atoms with Crippen molar-refractivity contribution in [3.8, 4) is 0 Å².